The molecule has 1 amide bonds. The highest BCUT2D eigenvalue weighted by atomic mass is 32.2. The Morgan fingerprint density at radius 3 is 2.81 bits per heavy atom. The van der Waals surface area contributed by atoms with Crippen molar-refractivity contribution in [2.75, 3.05) is 12.3 Å². The Morgan fingerprint density at radius 1 is 1.33 bits per heavy atom. The van der Waals surface area contributed by atoms with Crippen LogP contribution in [0.25, 0.3) is 10.9 Å². The van der Waals surface area contributed by atoms with Crippen LogP contribution >= 0.6 is 0 Å². The number of hydrogen-bond donors (Lipinski definition) is 1. The molecule has 0 radical (unpaired) electrons. The van der Waals surface area contributed by atoms with Gasteiger partial charge in [-0.05, 0) is 19.9 Å². The predicted octanol–water partition coefficient (Wildman–Crippen LogP) is 1.21. The van der Waals surface area contributed by atoms with Gasteiger partial charge in [0.1, 0.15) is 0 Å². The van der Waals surface area contributed by atoms with Crippen molar-refractivity contribution < 1.29 is 13.2 Å². The molecule has 0 aliphatic carbocycles. The van der Waals surface area contributed by atoms with Crippen LogP contribution in [-0.4, -0.2) is 53.0 Å². The first-order chi connectivity index (χ1) is 9.92. The van der Waals surface area contributed by atoms with Crippen molar-refractivity contribution in [1.29, 1.82) is 0 Å². The molecule has 2 aromatic rings. The Bertz CT molecular complexity index is 797. The zero-order valence-corrected chi connectivity index (χ0v) is 12.7. The minimum absolute atomic E-state index is 0.00655. The maximum atomic E-state index is 12.7. The van der Waals surface area contributed by atoms with E-state index in [1.165, 1.54) is 0 Å². The number of hydrogen-bond acceptors (Lipinski definition) is 4. The second-order valence-corrected chi connectivity index (χ2v) is 7.91. The summed E-state index contributed by atoms with van der Waals surface area (Å²) in [6.07, 6.45) is 0. The number of rotatable bonds is 1. The topological polar surface area (TPSA) is 83.1 Å². The maximum absolute atomic E-state index is 12.7. The Hall–Kier alpha value is -1.89. The molecule has 21 heavy (non-hydrogen) atoms. The molecule has 1 aliphatic rings. The fourth-order valence-corrected chi connectivity index (χ4v) is 4.29. The number of carbonyl (C=O) groups is 1. The summed E-state index contributed by atoms with van der Waals surface area (Å²) in [5.74, 6) is -0.214. The van der Waals surface area contributed by atoms with Crippen LogP contribution in [0.1, 0.15) is 24.3 Å². The Labute approximate surface area is 123 Å². The molecule has 0 unspecified atom stereocenters. The van der Waals surface area contributed by atoms with E-state index < -0.39 is 15.1 Å². The van der Waals surface area contributed by atoms with E-state index in [2.05, 4.69) is 10.2 Å². The van der Waals surface area contributed by atoms with E-state index in [1.807, 2.05) is 24.3 Å². The van der Waals surface area contributed by atoms with Crippen LogP contribution in [0.2, 0.25) is 0 Å². The number of carbonyl (C=O) groups excluding carboxylic acids is 1. The summed E-state index contributed by atoms with van der Waals surface area (Å²) in [4.78, 5) is 14.3. The van der Waals surface area contributed by atoms with Gasteiger partial charge in [0.2, 0.25) is 0 Å². The van der Waals surface area contributed by atoms with Crippen molar-refractivity contribution >= 4 is 26.6 Å². The van der Waals surface area contributed by atoms with E-state index in [4.69, 9.17) is 0 Å². The summed E-state index contributed by atoms with van der Waals surface area (Å²) in [6, 6.07) is 7.05. The van der Waals surface area contributed by atoms with E-state index in [9.17, 15) is 13.2 Å². The summed E-state index contributed by atoms with van der Waals surface area (Å²) in [5, 5.41) is 7.14. The lowest BCUT2D eigenvalue weighted by Gasteiger charge is -2.37. The lowest BCUT2D eigenvalue weighted by Crippen LogP contribution is -2.54. The quantitative estimate of drug-likeness (QED) is 0.858. The van der Waals surface area contributed by atoms with Gasteiger partial charge in [0, 0.05) is 18.0 Å². The van der Waals surface area contributed by atoms with Crippen molar-refractivity contribution in [2.24, 2.45) is 0 Å². The normalized spacial score (nSPS) is 25.1. The summed E-state index contributed by atoms with van der Waals surface area (Å²) < 4.78 is 23.8. The van der Waals surface area contributed by atoms with Gasteiger partial charge in [0.05, 0.1) is 16.5 Å². The number of fused-ring (bicyclic) bond motifs is 1. The molecule has 6 nitrogen and oxygen atoms in total. The summed E-state index contributed by atoms with van der Waals surface area (Å²) in [7, 11) is -3.11. The van der Waals surface area contributed by atoms with Crippen LogP contribution in [0.3, 0.4) is 0 Å². The molecule has 1 aromatic carbocycles. The van der Waals surface area contributed by atoms with E-state index in [0.29, 0.717) is 5.69 Å². The van der Waals surface area contributed by atoms with Gasteiger partial charge in [0.15, 0.2) is 15.5 Å². The molecule has 3 rings (SSSR count). The standard InChI is InChI=1S/C14H17N3O3S/c1-9-10(2)21(19,20)8-7-17(9)14(18)13-11-5-3-4-6-12(11)15-16-13/h3-6,9-10H,7-8H2,1-2H3,(H,15,16)/t9-,10-/m1/s1. The molecule has 1 aliphatic heterocycles. The second kappa shape index (κ2) is 4.84. The van der Waals surface area contributed by atoms with E-state index in [1.54, 1.807) is 18.7 Å². The number of para-hydroxylation sites is 1. The van der Waals surface area contributed by atoms with Crippen LogP contribution in [0.5, 0.6) is 0 Å². The van der Waals surface area contributed by atoms with Crippen molar-refractivity contribution in [2.45, 2.75) is 25.1 Å². The number of amides is 1. The average molecular weight is 307 g/mol. The van der Waals surface area contributed by atoms with Gasteiger partial charge in [-0.3, -0.25) is 9.89 Å². The highest BCUT2D eigenvalue weighted by Gasteiger charge is 2.39. The van der Waals surface area contributed by atoms with Crippen LogP contribution in [0.4, 0.5) is 0 Å². The van der Waals surface area contributed by atoms with Gasteiger partial charge in [-0.25, -0.2) is 8.42 Å². The van der Waals surface area contributed by atoms with E-state index in [0.717, 1.165) is 10.9 Å². The lowest BCUT2D eigenvalue weighted by molar-refractivity contribution is 0.0689. The fourth-order valence-electron chi connectivity index (χ4n) is 2.72. The molecule has 0 bridgehead atoms. The first-order valence-corrected chi connectivity index (χ1v) is 8.59. The Morgan fingerprint density at radius 2 is 2.05 bits per heavy atom. The monoisotopic (exact) mass is 307 g/mol. The third-order valence-corrected chi connectivity index (χ3v) is 6.57. The number of nitrogens with one attached hydrogen (secondary N) is 1. The molecule has 2 heterocycles. The molecule has 7 heteroatoms. The van der Waals surface area contributed by atoms with Gasteiger partial charge in [0.25, 0.3) is 5.91 Å². The van der Waals surface area contributed by atoms with Crippen LogP contribution in [0, 0.1) is 0 Å². The molecule has 1 fully saturated rings. The van der Waals surface area contributed by atoms with Crippen LogP contribution in [0.15, 0.2) is 24.3 Å². The fraction of sp³-hybridized carbons (Fsp3) is 0.429. The summed E-state index contributed by atoms with van der Waals surface area (Å²) in [6.45, 7) is 3.64. The lowest BCUT2D eigenvalue weighted by atomic mass is 10.1. The number of aromatic amines is 1. The molecule has 1 saturated heterocycles. The minimum atomic E-state index is -3.11. The number of benzene rings is 1. The number of H-pyrrole nitrogens is 1. The average Bonchev–Trinajstić information content (AvgIpc) is 2.88. The van der Waals surface area contributed by atoms with Crippen molar-refractivity contribution in [1.82, 2.24) is 15.1 Å². The highest BCUT2D eigenvalue weighted by molar-refractivity contribution is 7.92. The largest absolute Gasteiger partial charge is 0.332 e. The van der Waals surface area contributed by atoms with Crippen molar-refractivity contribution in [3.05, 3.63) is 30.0 Å². The molecule has 2 atom stereocenters. The summed E-state index contributed by atoms with van der Waals surface area (Å²) >= 11 is 0. The molecule has 0 spiro atoms. The van der Waals surface area contributed by atoms with E-state index >= 15 is 0 Å². The molecule has 1 aromatic heterocycles. The van der Waals surface area contributed by atoms with Gasteiger partial charge in [-0.2, -0.15) is 5.10 Å². The number of aromatic nitrogens is 2. The van der Waals surface area contributed by atoms with Gasteiger partial charge in [-0.1, -0.05) is 18.2 Å². The SMILES string of the molecule is C[C@@H]1[C@@H](C)S(=O)(=O)CCN1C(=O)c1n[nH]c2ccccc12. The molecular formula is C14H17N3O3S. The maximum Gasteiger partial charge on any atom is 0.275 e. The number of nitrogens with zero attached hydrogens (tertiary/aromatic N) is 2. The first-order valence-electron chi connectivity index (χ1n) is 6.87. The zero-order valence-electron chi connectivity index (χ0n) is 11.9. The predicted molar refractivity (Wildman–Crippen MR) is 79.8 cm³/mol. The smallest absolute Gasteiger partial charge is 0.275 e. The molecule has 1 N–H and O–H groups in total. The van der Waals surface area contributed by atoms with E-state index in [-0.39, 0.29) is 24.2 Å². The molecule has 0 saturated carbocycles. The second-order valence-electron chi connectivity index (χ2n) is 5.43. The molecular weight excluding hydrogens is 290 g/mol. The van der Waals surface area contributed by atoms with Crippen molar-refractivity contribution in [3.8, 4) is 0 Å². The third-order valence-electron chi connectivity index (χ3n) is 4.29. The van der Waals surface area contributed by atoms with Crippen LogP contribution < -0.4 is 0 Å². The van der Waals surface area contributed by atoms with Gasteiger partial charge < -0.3 is 4.90 Å². The Kier molecular flexibility index (Phi) is 3.24. The molecule has 112 valence electrons. The third kappa shape index (κ3) is 2.21. The van der Waals surface area contributed by atoms with Gasteiger partial charge >= 0.3 is 0 Å². The number of sulfone groups is 1. The first kappa shape index (κ1) is 14.1. The zero-order chi connectivity index (χ0) is 15.2. The van der Waals surface area contributed by atoms with Gasteiger partial charge in [-0.15, -0.1) is 0 Å². The van der Waals surface area contributed by atoms with Crippen LogP contribution in [-0.2, 0) is 9.84 Å². The Balaban J connectivity index is 1.96. The highest BCUT2D eigenvalue weighted by Crippen LogP contribution is 2.23. The van der Waals surface area contributed by atoms with Crippen molar-refractivity contribution in [3.63, 3.8) is 0 Å². The minimum Gasteiger partial charge on any atom is -0.332 e. The summed E-state index contributed by atoms with van der Waals surface area (Å²) in [5.41, 5.74) is 1.15.